The number of ether oxygens (including phenoxy) is 2. The summed E-state index contributed by atoms with van der Waals surface area (Å²) in [5, 5.41) is 6.36. The van der Waals surface area contributed by atoms with Crippen LogP contribution in [0.2, 0.25) is 0 Å². The number of carbonyl (C=O) groups is 2. The summed E-state index contributed by atoms with van der Waals surface area (Å²) >= 11 is 0. The van der Waals surface area contributed by atoms with Crippen molar-refractivity contribution in [1.29, 1.82) is 0 Å². The number of fused-ring (bicyclic) bond motifs is 3. The maximum absolute atomic E-state index is 12.7. The first-order valence-corrected chi connectivity index (χ1v) is 10.9. The Morgan fingerprint density at radius 2 is 2.07 bits per heavy atom. The Morgan fingerprint density at radius 1 is 1.22 bits per heavy atom. The third-order valence-electron chi connectivity index (χ3n) is 8.20. The van der Waals surface area contributed by atoms with Gasteiger partial charge in [-0.3, -0.25) is 9.59 Å². The molecule has 0 bridgehead atoms. The van der Waals surface area contributed by atoms with Crippen LogP contribution in [0.5, 0.6) is 0 Å². The van der Waals surface area contributed by atoms with E-state index in [4.69, 9.17) is 9.47 Å². The summed E-state index contributed by atoms with van der Waals surface area (Å²) in [4.78, 5) is 24.9. The van der Waals surface area contributed by atoms with E-state index in [1.165, 1.54) is 19.3 Å². The summed E-state index contributed by atoms with van der Waals surface area (Å²) < 4.78 is 11.8. The Hall–Kier alpha value is -1.14. The summed E-state index contributed by atoms with van der Waals surface area (Å²) in [6, 6.07) is -0.180. The van der Waals surface area contributed by atoms with Crippen LogP contribution in [0.4, 0.5) is 0 Å². The molecule has 7 unspecified atom stereocenters. The molecule has 6 nitrogen and oxygen atoms in total. The van der Waals surface area contributed by atoms with E-state index in [9.17, 15) is 9.59 Å². The maximum Gasteiger partial charge on any atom is 0.310 e. The highest BCUT2D eigenvalue weighted by Gasteiger charge is 2.65. The summed E-state index contributed by atoms with van der Waals surface area (Å²) in [6.45, 7) is 4.58. The first-order valence-electron chi connectivity index (χ1n) is 10.9. The molecule has 150 valence electrons. The molecule has 2 aliphatic carbocycles. The number of hydrogen-bond acceptors (Lipinski definition) is 5. The van der Waals surface area contributed by atoms with E-state index in [1.807, 2.05) is 0 Å². The second kappa shape index (κ2) is 6.45. The second-order valence-corrected chi connectivity index (χ2v) is 9.85. The van der Waals surface area contributed by atoms with Gasteiger partial charge in [-0.25, -0.2) is 0 Å². The molecule has 0 aromatic heterocycles. The minimum Gasteiger partial charge on any atom is -0.462 e. The van der Waals surface area contributed by atoms with Gasteiger partial charge in [0.05, 0.1) is 24.2 Å². The van der Waals surface area contributed by atoms with E-state index in [0.29, 0.717) is 12.5 Å². The van der Waals surface area contributed by atoms with Crippen LogP contribution in [0.15, 0.2) is 0 Å². The Morgan fingerprint density at radius 3 is 2.89 bits per heavy atom. The van der Waals surface area contributed by atoms with Crippen LogP contribution in [0.1, 0.15) is 58.3 Å². The predicted octanol–water partition coefficient (Wildman–Crippen LogP) is 1.77. The lowest BCUT2D eigenvalue weighted by atomic mass is 9.53. The summed E-state index contributed by atoms with van der Waals surface area (Å²) in [7, 11) is 0. The molecular formula is C21H32N2O4. The minimum absolute atomic E-state index is 0.0439. The molecule has 1 amide bonds. The molecule has 3 saturated heterocycles. The van der Waals surface area contributed by atoms with E-state index < -0.39 is 0 Å². The van der Waals surface area contributed by atoms with Crippen molar-refractivity contribution in [2.45, 2.75) is 76.0 Å². The molecule has 5 aliphatic rings. The average molecular weight is 376 g/mol. The largest absolute Gasteiger partial charge is 0.462 e. The van der Waals surface area contributed by atoms with Crippen molar-refractivity contribution >= 4 is 11.9 Å². The Labute approximate surface area is 161 Å². The fourth-order valence-corrected chi connectivity index (χ4v) is 6.59. The van der Waals surface area contributed by atoms with Crippen LogP contribution in [0, 0.1) is 23.2 Å². The van der Waals surface area contributed by atoms with Gasteiger partial charge in [0.25, 0.3) is 0 Å². The van der Waals surface area contributed by atoms with Crippen LogP contribution in [0.25, 0.3) is 0 Å². The van der Waals surface area contributed by atoms with Crippen LogP contribution in [-0.4, -0.2) is 49.3 Å². The lowest BCUT2D eigenvalue weighted by molar-refractivity contribution is -0.147. The Balaban J connectivity index is 1.29. The number of nitrogens with one attached hydrogen (secondary N) is 2. The molecule has 0 radical (unpaired) electrons. The SMILES string of the molecule is CC12CCCC3(CO3)C1CC1C(C2)OC(=O)C1CNC1CCCCNC1=O. The maximum atomic E-state index is 12.7. The third kappa shape index (κ3) is 3.00. The molecule has 2 saturated carbocycles. The topological polar surface area (TPSA) is 80.0 Å². The van der Waals surface area contributed by atoms with Crippen molar-refractivity contribution in [1.82, 2.24) is 10.6 Å². The van der Waals surface area contributed by atoms with Gasteiger partial charge in [-0.15, -0.1) is 0 Å². The van der Waals surface area contributed by atoms with Gasteiger partial charge in [0.1, 0.15) is 6.10 Å². The normalized spacial score (nSPS) is 49.0. The molecule has 6 heteroatoms. The van der Waals surface area contributed by atoms with Gasteiger partial charge >= 0.3 is 5.97 Å². The van der Waals surface area contributed by atoms with Gasteiger partial charge in [-0.2, -0.15) is 0 Å². The Kier molecular flexibility index (Phi) is 4.28. The standard InChI is InChI=1S/C21H32N2O4/c1-20-6-4-7-21(12-26-21)17(20)9-13-14(19(25)27-16(13)10-20)11-23-15-5-2-3-8-22-18(15)24/h13-17,23H,2-12H2,1H3,(H,22,24). The molecule has 3 aliphatic heterocycles. The lowest BCUT2D eigenvalue weighted by Gasteiger charge is -2.51. The van der Waals surface area contributed by atoms with Gasteiger partial charge in [-0.05, 0) is 62.7 Å². The van der Waals surface area contributed by atoms with Crippen molar-refractivity contribution in [3.05, 3.63) is 0 Å². The van der Waals surface area contributed by atoms with Gasteiger partial charge in [0.2, 0.25) is 5.91 Å². The van der Waals surface area contributed by atoms with Gasteiger partial charge < -0.3 is 20.1 Å². The summed E-state index contributed by atoms with van der Waals surface area (Å²) in [5.41, 5.74) is 0.322. The molecule has 5 rings (SSSR count). The van der Waals surface area contributed by atoms with Gasteiger partial charge in [-0.1, -0.05) is 6.92 Å². The van der Waals surface area contributed by atoms with E-state index in [1.54, 1.807) is 0 Å². The molecule has 3 heterocycles. The molecule has 7 atom stereocenters. The molecule has 27 heavy (non-hydrogen) atoms. The number of hydrogen-bond donors (Lipinski definition) is 2. The monoisotopic (exact) mass is 376 g/mol. The summed E-state index contributed by atoms with van der Waals surface area (Å²) in [5.74, 6) is 0.673. The average Bonchev–Trinajstić information content (AvgIpc) is 3.36. The highest BCUT2D eigenvalue weighted by molar-refractivity contribution is 5.82. The molecule has 2 N–H and O–H groups in total. The highest BCUT2D eigenvalue weighted by Crippen LogP contribution is 2.62. The minimum atomic E-state index is -0.180. The predicted molar refractivity (Wildman–Crippen MR) is 98.9 cm³/mol. The highest BCUT2D eigenvalue weighted by atomic mass is 16.6. The summed E-state index contributed by atoms with van der Waals surface area (Å²) in [6.07, 6.45) is 8.57. The van der Waals surface area contributed by atoms with Crippen molar-refractivity contribution in [2.75, 3.05) is 19.7 Å². The van der Waals surface area contributed by atoms with E-state index in [2.05, 4.69) is 17.6 Å². The van der Waals surface area contributed by atoms with Crippen molar-refractivity contribution in [3.8, 4) is 0 Å². The van der Waals surface area contributed by atoms with Gasteiger partial charge in [0.15, 0.2) is 0 Å². The lowest BCUT2D eigenvalue weighted by Crippen LogP contribution is -2.51. The Bertz CT molecular complexity index is 634. The zero-order chi connectivity index (χ0) is 18.6. The molecular weight excluding hydrogens is 344 g/mol. The number of carbonyl (C=O) groups excluding carboxylic acids is 2. The number of epoxide rings is 1. The molecule has 5 fully saturated rings. The molecule has 1 spiro atoms. The molecule has 0 aromatic carbocycles. The first-order chi connectivity index (χ1) is 13.0. The first kappa shape index (κ1) is 17.9. The van der Waals surface area contributed by atoms with Crippen LogP contribution in [-0.2, 0) is 19.1 Å². The number of amides is 1. The van der Waals surface area contributed by atoms with Crippen LogP contribution < -0.4 is 10.6 Å². The number of esters is 1. The van der Waals surface area contributed by atoms with E-state index in [0.717, 1.165) is 45.3 Å². The fourth-order valence-electron chi connectivity index (χ4n) is 6.59. The van der Waals surface area contributed by atoms with Crippen molar-refractivity contribution in [3.63, 3.8) is 0 Å². The van der Waals surface area contributed by atoms with E-state index in [-0.39, 0.29) is 46.9 Å². The van der Waals surface area contributed by atoms with Gasteiger partial charge in [0, 0.05) is 19.0 Å². The smallest absolute Gasteiger partial charge is 0.310 e. The number of rotatable bonds is 3. The second-order valence-electron chi connectivity index (χ2n) is 9.85. The van der Waals surface area contributed by atoms with E-state index >= 15 is 0 Å². The zero-order valence-corrected chi connectivity index (χ0v) is 16.3. The fraction of sp³-hybridized carbons (Fsp3) is 0.905. The third-order valence-corrected chi connectivity index (χ3v) is 8.20. The van der Waals surface area contributed by atoms with Crippen LogP contribution in [0.3, 0.4) is 0 Å². The van der Waals surface area contributed by atoms with Crippen molar-refractivity contribution in [2.24, 2.45) is 23.2 Å². The van der Waals surface area contributed by atoms with Crippen molar-refractivity contribution < 1.29 is 19.1 Å². The zero-order valence-electron chi connectivity index (χ0n) is 16.3. The molecule has 0 aromatic rings. The quantitative estimate of drug-likeness (QED) is 0.580. The van der Waals surface area contributed by atoms with Crippen LogP contribution >= 0.6 is 0 Å².